The summed E-state index contributed by atoms with van der Waals surface area (Å²) in [6.45, 7) is 3.54. The maximum Gasteiger partial charge on any atom is 0.419 e. The summed E-state index contributed by atoms with van der Waals surface area (Å²) >= 11 is 0. The standard InChI is InChI=1S/C19H26F4N3/c20-18-16(19(21,22)23)2-1-3-17(18)26-12-10-25(11-13-26)9-8-14-4-6-15(24)7-5-14/h1-3,14-15,24H,4-13H2/q-1. The van der Waals surface area contributed by atoms with Crippen molar-refractivity contribution in [3.8, 4) is 0 Å². The van der Waals surface area contributed by atoms with Crippen LogP contribution in [0.4, 0.5) is 23.2 Å². The van der Waals surface area contributed by atoms with Gasteiger partial charge >= 0.3 is 6.18 Å². The highest BCUT2D eigenvalue weighted by Gasteiger charge is 2.35. The van der Waals surface area contributed by atoms with Crippen molar-refractivity contribution in [2.24, 2.45) is 5.92 Å². The van der Waals surface area contributed by atoms with Gasteiger partial charge in [-0.25, -0.2) is 4.39 Å². The predicted molar refractivity (Wildman–Crippen MR) is 94.7 cm³/mol. The molecule has 2 fully saturated rings. The van der Waals surface area contributed by atoms with Crippen molar-refractivity contribution < 1.29 is 17.6 Å². The van der Waals surface area contributed by atoms with Gasteiger partial charge in [-0.3, -0.25) is 4.90 Å². The molecule has 1 aromatic rings. The van der Waals surface area contributed by atoms with Gasteiger partial charge in [-0.1, -0.05) is 31.7 Å². The largest absolute Gasteiger partial charge is 0.675 e. The predicted octanol–water partition coefficient (Wildman–Crippen LogP) is 4.97. The van der Waals surface area contributed by atoms with E-state index in [4.69, 9.17) is 5.73 Å². The highest BCUT2D eigenvalue weighted by Crippen LogP contribution is 2.35. The minimum absolute atomic E-state index is 0.0493. The number of hydrogen-bond acceptors (Lipinski definition) is 2. The Labute approximate surface area is 152 Å². The van der Waals surface area contributed by atoms with Crippen LogP contribution in [-0.4, -0.2) is 43.7 Å². The molecule has 1 aliphatic heterocycles. The molecule has 0 unspecified atom stereocenters. The maximum absolute atomic E-state index is 14.3. The van der Waals surface area contributed by atoms with Gasteiger partial charge in [0.25, 0.3) is 0 Å². The molecule has 3 nitrogen and oxygen atoms in total. The summed E-state index contributed by atoms with van der Waals surface area (Å²) in [6.07, 6.45) is 0.693. The molecule has 0 spiro atoms. The molecular weight excluding hydrogens is 346 g/mol. The normalized spacial score (nSPS) is 25.5. The Morgan fingerprint density at radius 1 is 1.00 bits per heavy atom. The zero-order chi connectivity index (χ0) is 18.7. The summed E-state index contributed by atoms with van der Waals surface area (Å²) in [5.41, 5.74) is 6.60. The lowest BCUT2D eigenvalue weighted by Crippen LogP contribution is -2.47. The summed E-state index contributed by atoms with van der Waals surface area (Å²) in [4.78, 5) is 4.03. The van der Waals surface area contributed by atoms with Gasteiger partial charge in [0.15, 0.2) is 5.82 Å². The second kappa shape index (κ2) is 8.13. The third-order valence-corrected chi connectivity index (χ3v) is 5.70. The highest BCUT2D eigenvalue weighted by atomic mass is 19.4. The maximum atomic E-state index is 14.3. The monoisotopic (exact) mass is 372 g/mol. The Hall–Kier alpha value is -1.34. The minimum Gasteiger partial charge on any atom is -0.675 e. The first-order valence-electron chi connectivity index (χ1n) is 9.38. The first-order chi connectivity index (χ1) is 12.3. The van der Waals surface area contributed by atoms with E-state index >= 15 is 0 Å². The van der Waals surface area contributed by atoms with Crippen molar-refractivity contribution in [2.45, 2.75) is 44.3 Å². The number of nitrogens with zero attached hydrogens (tertiary/aromatic N) is 2. The van der Waals surface area contributed by atoms with Crippen LogP contribution >= 0.6 is 0 Å². The first kappa shape index (κ1) is 19.4. The first-order valence-corrected chi connectivity index (χ1v) is 9.38. The Bertz CT molecular complexity index is 589. The van der Waals surface area contributed by atoms with Crippen LogP contribution < -0.4 is 4.90 Å². The fraction of sp³-hybridized carbons (Fsp3) is 0.684. The molecule has 1 saturated heterocycles. The molecule has 1 aliphatic carbocycles. The Morgan fingerprint density at radius 2 is 1.65 bits per heavy atom. The lowest BCUT2D eigenvalue weighted by atomic mass is 9.84. The average Bonchev–Trinajstić information content (AvgIpc) is 2.61. The van der Waals surface area contributed by atoms with Gasteiger partial charge in [-0.05, 0) is 31.0 Å². The lowest BCUT2D eigenvalue weighted by Gasteiger charge is -2.38. The van der Waals surface area contributed by atoms with E-state index in [-0.39, 0.29) is 11.7 Å². The number of hydrogen-bond donors (Lipinski definition) is 0. The van der Waals surface area contributed by atoms with Crippen LogP contribution in [0.2, 0.25) is 0 Å². The summed E-state index contributed by atoms with van der Waals surface area (Å²) < 4.78 is 52.9. The number of alkyl halides is 3. The number of rotatable bonds is 4. The van der Waals surface area contributed by atoms with Crippen LogP contribution in [0.25, 0.3) is 5.73 Å². The van der Waals surface area contributed by atoms with E-state index in [1.165, 1.54) is 12.1 Å². The number of piperazine rings is 1. The quantitative estimate of drug-likeness (QED) is 0.699. The van der Waals surface area contributed by atoms with Crippen LogP contribution in [-0.2, 0) is 6.18 Å². The van der Waals surface area contributed by atoms with Gasteiger partial charge < -0.3 is 10.6 Å². The van der Waals surface area contributed by atoms with Crippen molar-refractivity contribution in [1.82, 2.24) is 4.90 Å². The van der Waals surface area contributed by atoms with Crippen molar-refractivity contribution >= 4 is 5.69 Å². The second-order valence-electron chi connectivity index (χ2n) is 7.47. The lowest BCUT2D eigenvalue weighted by molar-refractivity contribution is -0.139. The van der Waals surface area contributed by atoms with E-state index in [0.29, 0.717) is 19.0 Å². The van der Waals surface area contributed by atoms with E-state index < -0.39 is 17.6 Å². The molecule has 1 N–H and O–H groups in total. The van der Waals surface area contributed by atoms with E-state index in [9.17, 15) is 17.6 Å². The van der Waals surface area contributed by atoms with Gasteiger partial charge in [0.05, 0.1) is 11.3 Å². The zero-order valence-electron chi connectivity index (χ0n) is 14.9. The summed E-state index contributed by atoms with van der Waals surface area (Å²) in [5.74, 6) is -0.476. The van der Waals surface area contributed by atoms with Gasteiger partial charge in [0.2, 0.25) is 0 Å². The van der Waals surface area contributed by atoms with Crippen molar-refractivity contribution in [2.75, 3.05) is 37.6 Å². The van der Waals surface area contributed by atoms with Gasteiger partial charge in [-0.15, -0.1) is 6.04 Å². The Balaban J connectivity index is 1.51. The zero-order valence-corrected chi connectivity index (χ0v) is 14.9. The molecule has 0 atom stereocenters. The van der Waals surface area contributed by atoms with Crippen molar-refractivity contribution in [1.29, 1.82) is 0 Å². The molecule has 1 saturated carbocycles. The van der Waals surface area contributed by atoms with E-state index in [1.54, 1.807) is 4.90 Å². The van der Waals surface area contributed by atoms with Gasteiger partial charge in [0.1, 0.15) is 0 Å². The second-order valence-corrected chi connectivity index (χ2v) is 7.47. The van der Waals surface area contributed by atoms with Crippen molar-refractivity contribution in [3.05, 3.63) is 35.3 Å². The van der Waals surface area contributed by atoms with Gasteiger partial charge in [-0.2, -0.15) is 13.2 Å². The highest BCUT2D eigenvalue weighted by molar-refractivity contribution is 5.51. The number of anilines is 1. The topological polar surface area (TPSA) is 30.3 Å². The molecule has 0 radical (unpaired) electrons. The molecule has 3 rings (SSSR count). The summed E-state index contributed by atoms with van der Waals surface area (Å²) in [6, 6.07) is 3.60. The Morgan fingerprint density at radius 3 is 2.27 bits per heavy atom. The van der Waals surface area contributed by atoms with Crippen LogP contribution in [0.3, 0.4) is 0 Å². The third-order valence-electron chi connectivity index (χ3n) is 5.70. The molecule has 1 aromatic carbocycles. The Kier molecular flexibility index (Phi) is 6.07. The smallest absolute Gasteiger partial charge is 0.419 e. The van der Waals surface area contributed by atoms with Crippen LogP contribution in [0.5, 0.6) is 0 Å². The van der Waals surface area contributed by atoms with E-state index in [2.05, 4.69) is 4.90 Å². The van der Waals surface area contributed by atoms with Gasteiger partial charge in [0, 0.05) is 26.2 Å². The molecule has 7 heteroatoms. The minimum atomic E-state index is -4.67. The molecule has 0 amide bonds. The third kappa shape index (κ3) is 4.68. The summed E-state index contributed by atoms with van der Waals surface area (Å²) in [5, 5.41) is 0. The number of nitrogens with one attached hydrogen (secondary N) is 1. The van der Waals surface area contributed by atoms with Crippen LogP contribution in [0.1, 0.15) is 37.7 Å². The van der Waals surface area contributed by atoms with Crippen molar-refractivity contribution in [3.63, 3.8) is 0 Å². The SMILES string of the molecule is [NH-]C1CCC(CCN2CCN(c3cccc(C(F)(F)F)c3F)CC2)CC1. The molecule has 146 valence electrons. The molecule has 2 aliphatic rings. The van der Waals surface area contributed by atoms with E-state index in [1.807, 2.05) is 0 Å². The number of benzene rings is 1. The fourth-order valence-electron chi connectivity index (χ4n) is 4.01. The average molecular weight is 372 g/mol. The van der Waals surface area contributed by atoms with Crippen LogP contribution in [0, 0.1) is 11.7 Å². The molecular formula is C19H26F4N3-. The fourth-order valence-corrected chi connectivity index (χ4v) is 4.01. The molecule has 0 aromatic heterocycles. The number of halogens is 4. The molecule has 0 bridgehead atoms. The molecule has 26 heavy (non-hydrogen) atoms. The summed E-state index contributed by atoms with van der Waals surface area (Å²) in [7, 11) is 0. The molecule has 1 heterocycles. The van der Waals surface area contributed by atoms with Crippen LogP contribution in [0.15, 0.2) is 18.2 Å². The van der Waals surface area contributed by atoms with E-state index in [0.717, 1.165) is 57.8 Å².